The molecule has 0 saturated heterocycles. The normalized spacial score (nSPS) is 10.1. The lowest BCUT2D eigenvalue weighted by molar-refractivity contribution is -0.382. The highest BCUT2D eigenvalue weighted by atomic mass is 16.6. The average Bonchev–Trinajstić information content (AvgIpc) is 2.64. The molecule has 0 radical (unpaired) electrons. The number of hydrogen-bond acceptors (Lipinski definition) is 6. The van der Waals surface area contributed by atoms with Crippen molar-refractivity contribution in [3.63, 3.8) is 0 Å². The van der Waals surface area contributed by atoms with Crippen LogP contribution in [0, 0.1) is 10.1 Å². The highest BCUT2D eigenvalue weighted by molar-refractivity contribution is 5.93. The highest BCUT2D eigenvalue weighted by Crippen LogP contribution is 2.30. The molecule has 1 N–H and O–H groups in total. The molecule has 0 fully saturated rings. The Balaban J connectivity index is 2.74. The number of nitro benzene ring substituents is 1. The van der Waals surface area contributed by atoms with Crippen LogP contribution in [0.15, 0.2) is 16.8 Å². The Morgan fingerprint density at radius 3 is 2.93 bits per heavy atom. The summed E-state index contributed by atoms with van der Waals surface area (Å²) in [6, 6.07) is 2.82. The van der Waals surface area contributed by atoms with Gasteiger partial charge < -0.3 is 5.32 Å². The van der Waals surface area contributed by atoms with Crippen molar-refractivity contribution >= 4 is 28.8 Å². The highest BCUT2D eigenvalue weighted by Gasteiger charge is 2.21. The number of nitrogens with zero attached hydrogens (tertiary/aromatic N) is 3. The maximum absolute atomic E-state index is 10.7. The molecule has 8 heteroatoms. The quantitative estimate of drug-likeness (QED) is 0.451. The number of amides is 1. The van der Waals surface area contributed by atoms with Crippen LogP contribution in [0.3, 0.4) is 0 Å². The number of carbonyl (C=O) groups is 1. The molecule has 76 valence electrons. The lowest BCUT2D eigenvalue weighted by Gasteiger charge is -1.98. The number of benzene rings is 1. The number of fused-ring (bicyclic) bond motifs is 1. The molecule has 0 spiro atoms. The molecule has 8 nitrogen and oxygen atoms in total. The topological polar surface area (TPSA) is 111 Å². The SMILES string of the molecule is O=CNc1ccc2nonc2c1[N+](=O)[O-]. The van der Waals surface area contributed by atoms with E-state index in [2.05, 4.69) is 20.3 Å². The number of carbonyl (C=O) groups excluding carboxylic acids is 1. The third-order valence-electron chi connectivity index (χ3n) is 1.80. The first-order valence-corrected chi connectivity index (χ1v) is 3.84. The molecular formula is C7H4N4O4. The summed E-state index contributed by atoms with van der Waals surface area (Å²) < 4.78 is 4.37. The van der Waals surface area contributed by atoms with E-state index < -0.39 is 4.92 Å². The Morgan fingerprint density at radius 1 is 1.47 bits per heavy atom. The molecule has 1 aromatic heterocycles. The summed E-state index contributed by atoms with van der Waals surface area (Å²) in [7, 11) is 0. The van der Waals surface area contributed by atoms with E-state index in [0.29, 0.717) is 6.41 Å². The fraction of sp³-hybridized carbons (Fsp3) is 0. The van der Waals surface area contributed by atoms with Crippen molar-refractivity contribution in [1.82, 2.24) is 10.3 Å². The number of anilines is 1. The van der Waals surface area contributed by atoms with Crippen LogP contribution in [0.25, 0.3) is 11.0 Å². The van der Waals surface area contributed by atoms with Gasteiger partial charge in [-0.2, -0.15) is 0 Å². The Kier molecular flexibility index (Phi) is 2.01. The van der Waals surface area contributed by atoms with Crippen LogP contribution in [0.1, 0.15) is 0 Å². The molecule has 0 saturated carbocycles. The van der Waals surface area contributed by atoms with Gasteiger partial charge in [0.05, 0.1) is 4.92 Å². The first kappa shape index (κ1) is 9.06. The van der Waals surface area contributed by atoms with Crippen molar-refractivity contribution in [2.75, 3.05) is 5.32 Å². The predicted molar refractivity (Wildman–Crippen MR) is 48.1 cm³/mol. The van der Waals surface area contributed by atoms with Crippen LogP contribution >= 0.6 is 0 Å². The van der Waals surface area contributed by atoms with Crippen molar-refractivity contribution < 1.29 is 14.3 Å². The number of nitrogens with one attached hydrogen (secondary N) is 1. The second kappa shape index (κ2) is 3.33. The number of aromatic nitrogens is 2. The first-order valence-electron chi connectivity index (χ1n) is 3.84. The van der Waals surface area contributed by atoms with E-state index in [9.17, 15) is 14.9 Å². The summed E-state index contributed by atoms with van der Waals surface area (Å²) in [4.78, 5) is 20.3. The van der Waals surface area contributed by atoms with E-state index >= 15 is 0 Å². The van der Waals surface area contributed by atoms with Gasteiger partial charge >= 0.3 is 5.69 Å². The maximum atomic E-state index is 10.7. The summed E-state index contributed by atoms with van der Waals surface area (Å²) in [6.45, 7) is 0. The van der Waals surface area contributed by atoms with Crippen LogP contribution < -0.4 is 5.32 Å². The molecule has 1 amide bonds. The van der Waals surface area contributed by atoms with Gasteiger partial charge in [0.15, 0.2) is 0 Å². The Morgan fingerprint density at radius 2 is 2.27 bits per heavy atom. The van der Waals surface area contributed by atoms with Crippen LogP contribution in [0.5, 0.6) is 0 Å². The van der Waals surface area contributed by atoms with Gasteiger partial charge in [-0.1, -0.05) is 0 Å². The molecule has 1 heterocycles. The van der Waals surface area contributed by atoms with E-state index in [1.54, 1.807) is 0 Å². The predicted octanol–water partition coefficient (Wildman–Crippen LogP) is 0.699. The lowest BCUT2D eigenvalue weighted by Crippen LogP contribution is -2.00. The van der Waals surface area contributed by atoms with E-state index in [-0.39, 0.29) is 22.4 Å². The minimum atomic E-state index is -0.654. The van der Waals surface area contributed by atoms with Crippen molar-refractivity contribution in [2.24, 2.45) is 0 Å². The van der Waals surface area contributed by atoms with Crippen LogP contribution in [0.2, 0.25) is 0 Å². The fourth-order valence-electron chi connectivity index (χ4n) is 1.20. The maximum Gasteiger partial charge on any atom is 0.324 e. The van der Waals surface area contributed by atoms with Gasteiger partial charge in [-0.15, -0.1) is 0 Å². The summed E-state index contributed by atoms with van der Waals surface area (Å²) in [6.07, 6.45) is 0.349. The summed E-state index contributed by atoms with van der Waals surface area (Å²) in [5, 5.41) is 19.8. The molecule has 0 aliphatic carbocycles. The second-order valence-electron chi connectivity index (χ2n) is 2.61. The smallest absolute Gasteiger partial charge is 0.323 e. The van der Waals surface area contributed by atoms with Crippen molar-refractivity contribution in [2.45, 2.75) is 0 Å². The third-order valence-corrected chi connectivity index (χ3v) is 1.80. The van der Waals surface area contributed by atoms with Crippen molar-refractivity contribution in [3.05, 3.63) is 22.2 Å². The molecule has 2 rings (SSSR count). The standard InChI is InChI=1S/C7H4N4O4/c12-3-8-5-2-1-4-6(10-15-9-4)7(5)11(13)14/h1-3H,(H,8,12). The average molecular weight is 208 g/mol. The molecule has 0 bridgehead atoms. The molecule has 1 aromatic carbocycles. The Hall–Kier alpha value is -2.51. The zero-order chi connectivity index (χ0) is 10.8. The van der Waals surface area contributed by atoms with Gasteiger partial charge in [0.2, 0.25) is 11.9 Å². The molecule has 2 aromatic rings. The Bertz CT molecular complexity index is 535. The minimum absolute atomic E-state index is 0.00634. The zero-order valence-corrected chi connectivity index (χ0v) is 7.21. The van der Waals surface area contributed by atoms with Crippen LogP contribution in [-0.4, -0.2) is 21.6 Å². The van der Waals surface area contributed by atoms with Gasteiger partial charge in [0, 0.05) is 0 Å². The minimum Gasteiger partial charge on any atom is -0.323 e. The van der Waals surface area contributed by atoms with Crippen molar-refractivity contribution in [1.29, 1.82) is 0 Å². The van der Waals surface area contributed by atoms with E-state index in [1.165, 1.54) is 12.1 Å². The molecule has 0 aliphatic rings. The number of nitro groups is 1. The number of hydrogen-bond donors (Lipinski definition) is 1. The van der Waals surface area contributed by atoms with Gasteiger partial charge in [-0.25, -0.2) is 4.63 Å². The van der Waals surface area contributed by atoms with Crippen molar-refractivity contribution in [3.8, 4) is 0 Å². The number of rotatable bonds is 3. The zero-order valence-electron chi connectivity index (χ0n) is 7.21. The van der Waals surface area contributed by atoms with Crippen LogP contribution in [0.4, 0.5) is 11.4 Å². The van der Waals surface area contributed by atoms with Crippen LogP contribution in [-0.2, 0) is 4.79 Å². The van der Waals surface area contributed by atoms with Gasteiger partial charge in [0.25, 0.3) is 0 Å². The van der Waals surface area contributed by atoms with E-state index in [1.807, 2.05) is 0 Å². The fourth-order valence-corrected chi connectivity index (χ4v) is 1.20. The molecule has 0 atom stereocenters. The van der Waals surface area contributed by atoms with E-state index in [0.717, 1.165) is 0 Å². The summed E-state index contributed by atoms with van der Waals surface area (Å²) in [5.74, 6) is 0. The largest absolute Gasteiger partial charge is 0.324 e. The molecular weight excluding hydrogens is 204 g/mol. The van der Waals surface area contributed by atoms with E-state index in [4.69, 9.17) is 0 Å². The van der Waals surface area contributed by atoms with Gasteiger partial charge in [-0.3, -0.25) is 14.9 Å². The third kappa shape index (κ3) is 1.37. The lowest BCUT2D eigenvalue weighted by atomic mass is 10.2. The Labute approximate surface area is 82.0 Å². The molecule has 0 aliphatic heterocycles. The summed E-state index contributed by atoms with van der Waals surface area (Å²) in [5.41, 5.74) is -0.0101. The molecule has 0 unspecified atom stereocenters. The second-order valence-corrected chi connectivity index (χ2v) is 2.61. The van der Waals surface area contributed by atoms with Gasteiger partial charge in [-0.05, 0) is 22.4 Å². The van der Waals surface area contributed by atoms with Gasteiger partial charge in [0.1, 0.15) is 11.2 Å². The monoisotopic (exact) mass is 208 g/mol. The molecule has 15 heavy (non-hydrogen) atoms. The first-order chi connectivity index (χ1) is 7.24. The summed E-state index contributed by atoms with van der Waals surface area (Å²) >= 11 is 0.